The van der Waals surface area contributed by atoms with Crippen LogP contribution in [0.2, 0.25) is 0 Å². The lowest BCUT2D eigenvalue weighted by molar-refractivity contribution is -0.155. The Balaban J connectivity index is 2.46. The molecule has 1 aromatic carbocycles. The van der Waals surface area contributed by atoms with Crippen molar-refractivity contribution in [3.05, 3.63) is 41.3 Å². The van der Waals surface area contributed by atoms with Gasteiger partial charge in [-0.25, -0.2) is 0 Å². The van der Waals surface area contributed by atoms with E-state index in [4.69, 9.17) is 9.26 Å². The van der Waals surface area contributed by atoms with E-state index in [2.05, 4.69) is 9.88 Å². The van der Waals surface area contributed by atoms with Crippen LogP contribution in [-0.2, 0) is 20.9 Å². The van der Waals surface area contributed by atoms with Crippen molar-refractivity contribution in [1.82, 2.24) is 9.88 Å². The predicted octanol–water partition coefficient (Wildman–Crippen LogP) is 4.78. The van der Waals surface area contributed by atoms with Crippen LogP contribution in [0, 0.1) is 13.8 Å². The Morgan fingerprint density at radius 1 is 1.21 bits per heavy atom. The van der Waals surface area contributed by atoms with Crippen molar-refractivity contribution in [2.75, 3.05) is 0 Å². The van der Waals surface area contributed by atoms with Gasteiger partial charge in [-0.3, -0.25) is 4.79 Å². The van der Waals surface area contributed by atoms with Crippen LogP contribution in [0.1, 0.15) is 71.0 Å². The highest BCUT2D eigenvalue weighted by molar-refractivity contribution is 7.90. The number of hydrogen-bond acceptors (Lipinski definition) is 6. The third-order valence-corrected chi connectivity index (χ3v) is 5.83. The maximum absolute atomic E-state index is 12.8. The second kappa shape index (κ2) is 8.90. The standard InChI is InChI=1S/C22H32N2O4S/c1-14-11-9-10-12-16(14)19-15(2)23-28-20(19)17(24-29(26)22(6,7)8)13-18(25)27-21(3,4)5/h9-12,17,24H,13H2,1-8H3/t17-,29?/m0/s1. The Bertz CT molecular complexity index is 849. The molecule has 0 aliphatic carbocycles. The molecule has 1 unspecified atom stereocenters. The van der Waals surface area contributed by atoms with Crippen molar-refractivity contribution in [2.24, 2.45) is 0 Å². The number of rotatable bonds is 6. The first kappa shape index (κ1) is 23.4. The maximum atomic E-state index is 12.8. The molecule has 1 N–H and O–H groups in total. The predicted molar refractivity (Wildman–Crippen MR) is 116 cm³/mol. The van der Waals surface area contributed by atoms with E-state index < -0.39 is 33.7 Å². The van der Waals surface area contributed by atoms with Crippen LogP contribution in [-0.4, -0.2) is 26.0 Å². The number of nitrogens with zero attached hydrogens (tertiary/aromatic N) is 1. The van der Waals surface area contributed by atoms with Crippen LogP contribution in [0.3, 0.4) is 0 Å². The molecule has 7 heteroatoms. The summed E-state index contributed by atoms with van der Waals surface area (Å²) in [6.45, 7) is 14.9. The van der Waals surface area contributed by atoms with Crippen molar-refractivity contribution in [1.29, 1.82) is 0 Å². The number of benzene rings is 1. The summed E-state index contributed by atoms with van der Waals surface area (Å²) in [5.41, 5.74) is 2.95. The van der Waals surface area contributed by atoms with Gasteiger partial charge in [0.1, 0.15) is 16.4 Å². The first-order chi connectivity index (χ1) is 13.3. The van der Waals surface area contributed by atoms with Crippen LogP contribution in [0.15, 0.2) is 28.8 Å². The van der Waals surface area contributed by atoms with Gasteiger partial charge < -0.3 is 13.8 Å². The molecule has 0 saturated heterocycles. The van der Waals surface area contributed by atoms with Crippen molar-refractivity contribution in [3.63, 3.8) is 0 Å². The first-order valence-electron chi connectivity index (χ1n) is 9.71. The number of esters is 1. The molecule has 2 rings (SSSR count). The minimum atomic E-state index is -1.41. The smallest absolute Gasteiger partial charge is 0.308 e. The maximum Gasteiger partial charge on any atom is 0.308 e. The molecular formula is C22H32N2O4S. The van der Waals surface area contributed by atoms with Crippen LogP contribution in [0.4, 0.5) is 0 Å². The number of aryl methyl sites for hydroxylation is 2. The Labute approximate surface area is 176 Å². The molecule has 2 atom stereocenters. The average molecular weight is 421 g/mol. The highest BCUT2D eigenvalue weighted by Gasteiger charge is 2.35. The SMILES string of the molecule is Cc1ccccc1-c1c(C)noc1[C@H](CC(=O)OC(C)(C)C)N[S+]([O-])C(C)(C)C. The van der Waals surface area contributed by atoms with E-state index in [1.165, 1.54) is 0 Å². The van der Waals surface area contributed by atoms with Crippen molar-refractivity contribution in [3.8, 4) is 11.1 Å². The molecule has 0 fully saturated rings. The average Bonchev–Trinajstić information content (AvgIpc) is 2.93. The van der Waals surface area contributed by atoms with Gasteiger partial charge in [-0.1, -0.05) is 29.4 Å². The van der Waals surface area contributed by atoms with Crippen LogP contribution in [0.25, 0.3) is 11.1 Å². The molecule has 1 aromatic heterocycles. The van der Waals surface area contributed by atoms with Gasteiger partial charge in [-0.2, -0.15) is 0 Å². The number of carbonyl (C=O) groups excluding carboxylic acids is 1. The van der Waals surface area contributed by atoms with Crippen LogP contribution < -0.4 is 4.72 Å². The number of ether oxygens (including phenoxy) is 1. The number of hydrogen-bond donors (Lipinski definition) is 1. The molecule has 6 nitrogen and oxygen atoms in total. The Morgan fingerprint density at radius 2 is 1.83 bits per heavy atom. The molecule has 1 heterocycles. The molecule has 0 aliphatic rings. The Morgan fingerprint density at radius 3 is 2.38 bits per heavy atom. The highest BCUT2D eigenvalue weighted by Crippen LogP contribution is 2.36. The zero-order valence-corrected chi connectivity index (χ0v) is 19.4. The third kappa shape index (κ3) is 6.32. The summed E-state index contributed by atoms with van der Waals surface area (Å²) in [5.74, 6) is 0.0888. The van der Waals surface area contributed by atoms with Crippen molar-refractivity contribution in [2.45, 2.75) is 78.2 Å². The molecule has 0 saturated carbocycles. The van der Waals surface area contributed by atoms with E-state index in [1.807, 2.05) is 79.7 Å². The lowest BCUT2D eigenvalue weighted by atomic mass is 9.96. The molecule has 29 heavy (non-hydrogen) atoms. The van der Waals surface area contributed by atoms with E-state index in [-0.39, 0.29) is 6.42 Å². The van der Waals surface area contributed by atoms with E-state index in [9.17, 15) is 9.35 Å². The highest BCUT2D eigenvalue weighted by atomic mass is 32.2. The van der Waals surface area contributed by atoms with Crippen molar-refractivity contribution >= 4 is 17.3 Å². The van der Waals surface area contributed by atoms with E-state index in [0.29, 0.717) is 11.5 Å². The van der Waals surface area contributed by atoms with Crippen molar-refractivity contribution < 1.29 is 18.6 Å². The molecule has 0 radical (unpaired) electrons. The number of carbonyl (C=O) groups is 1. The second-order valence-corrected chi connectivity index (χ2v) is 11.2. The minimum Gasteiger partial charge on any atom is -0.598 e. The summed E-state index contributed by atoms with van der Waals surface area (Å²) in [7, 11) is 0. The molecule has 0 aliphatic heterocycles. The summed E-state index contributed by atoms with van der Waals surface area (Å²) in [4.78, 5) is 12.6. The van der Waals surface area contributed by atoms with Gasteiger partial charge in [0.05, 0.1) is 12.1 Å². The zero-order chi connectivity index (χ0) is 22.0. The molecule has 0 amide bonds. The second-order valence-electron chi connectivity index (χ2n) is 9.16. The lowest BCUT2D eigenvalue weighted by Gasteiger charge is -2.28. The molecule has 0 bridgehead atoms. The lowest BCUT2D eigenvalue weighted by Crippen LogP contribution is -2.42. The van der Waals surface area contributed by atoms with Gasteiger partial charge in [0.15, 0.2) is 5.76 Å². The van der Waals surface area contributed by atoms with Gasteiger partial charge in [-0.05, 0) is 66.5 Å². The Kier molecular flexibility index (Phi) is 7.19. The summed E-state index contributed by atoms with van der Waals surface area (Å²) in [6.07, 6.45) is -0.0212. The normalized spacial score (nSPS) is 14.5. The fourth-order valence-corrected chi connectivity index (χ4v) is 3.65. The van der Waals surface area contributed by atoms with Crippen LogP contribution in [0.5, 0.6) is 0 Å². The molecule has 2 aromatic rings. The third-order valence-electron chi connectivity index (χ3n) is 4.22. The van der Waals surface area contributed by atoms with E-state index >= 15 is 0 Å². The van der Waals surface area contributed by atoms with Gasteiger partial charge in [0.2, 0.25) is 0 Å². The van der Waals surface area contributed by atoms with Gasteiger partial charge in [0.25, 0.3) is 0 Å². The first-order valence-corrected chi connectivity index (χ1v) is 10.9. The molecule has 160 valence electrons. The van der Waals surface area contributed by atoms with E-state index in [1.54, 1.807) is 0 Å². The summed E-state index contributed by atoms with van der Waals surface area (Å²) in [6, 6.07) is 7.27. The quantitative estimate of drug-likeness (QED) is 0.534. The van der Waals surface area contributed by atoms with E-state index in [0.717, 1.165) is 16.7 Å². The largest absolute Gasteiger partial charge is 0.598 e. The van der Waals surface area contributed by atoms with Gasteiger partial charge in [0, 0.05) is 16.9 Å². The fourth-order valence-electron chi connectivity index (χ4n) is 2.85. The summed E-state index contributed by atoms with van der Waals surface area (Å²) >= 11 is -1.41. The summed E-state index contributed by atoms with van der Waals surface area (Å²) < 4.78 is 26.5. The van der Waals surface area contributed by atoms with Gasteiger partial charge >= 0.3 is 5.97 Å². The number of nitrogens with one attached hydrogen (secondary N) is 1. The molecule has 0 spiro atoms. The zero-order valence-electron chi connectivity index (χ0n) is 18.6. The fraction of sp³-hybridized carbons (Fsp3) is 0.545. The van der Waals surface area contributed by atoms with Gasteiger partial charge in [-0.15, -0.1) is 4.72 Å². The van der Waals surface area contributed by atoms with Crippen LogP contribution >= 0.6 is 0 Å². The monoisotopic (exact) mass is 420 g/mol. The minimum absolute atomic E-state index is 0.0212. The molecular weight excluding hydrogens is 388 g/mol. The Hall–Kier alpha value is -1.83. The number of aromatic nitrogens is 1. The summed E-state index contributed by atoms with van der Waals surface area (Å²) in [5, 5.41) is 4.14. The topological polar surface area (TPSA) is 87.4 Å².